The van der Waals surface area contributed by atoms with Crippen molar-refractivity contribution < 1.29 is 0 Å². The zero-order valence-electron chi connectivity index (χ0n) is 33.4. The molecule has 0 aliphatic carbocycles. The van der Waals surface area contributed by atoms with Crippen LogP contribution < -0.4 is 0 Å². The molecule has 0 bridgehead atoms. The van der Waals surface area contributed by atoms with Crippen LogP contribution in [0.1, 0.15) is 153 Å². The molecule has 0 radical (unpaired) electrons. The van der Waals surface area contributed by atoms with Crippen LogP contribution in [0.3, 0.4) is 0 Å². The second kappa shape index (κ2) is 19.5. The van der Waals surface area contributed by atoms with E-state index in [1.54, 1.807) is 0 Å². The molecule has 52 heavy (non-hydrogen) atoms. The summed E-state index contributed by atoms with van der Waals surface area (Å²) in [6, 6.07) is 28.5. The van der Waals surface area contributed by atoms with Gasteiger partial charge in [0.15, 0.2) is 0 Å². The van der Waals surface area contributed by atoms with Gasteiger partial charge in [0.25, 0.3) is 0 Å². The van der Waals surface area contributed by atoms with E-state index in [1.807, 2.05) is 0 Å². The zero-order chi connectivity index (χ0) is 36.1. The first-order valence-corrected chi connectivity index (χ1v) is 21.6. The number of aryl methyl sites for hydroxylation is 4. The highest BCUT2D eigenvalue weighted by Crippen LogP contribution is 2.39. The van der Waals surface area contributed by atoms with E-state index < -0.39 is 0 Å². The molecule has 0 aliphatic rings. The summed E-state index contributed by atoms with van der Waals surface area (Å²) in [7, 11) is 0. The molecule has 4 aromatic carbocycles. The first kappa shape index (κ1) is 38.2. The molecule has 0 amide bonds. The average molecular weight is 697 g/mol. The third-order valence-electron chi connectivity index (χ3n) is 11.9. The van der Waals surface area contributed by atoms with Crippen LogP contribution in [-0.4, -0.2) is 9.13 Å². The zero-order valence-corrected chi connectivity index (χ0v) is 33.4. The first-order chi connectivity index (χ1) is 25.6. The molecule has 2 aromatic heterocycles. The highest BCUT2D eigenvalue weighted by Gasteiger charge is 2.18. The fourth-order valence-electron chi connectivity index (χ4n) is 8.72. The Morgan fingerprint density at radius 1 is 0.327 bits per heavy atom. The number of benzene rings is 4. The molecule has 2 nitrogen and oxygen atoms in total. The minimum Gasteiger partial charge on any atom is -0.340 e. The van der Waals surface area contributed by atoms with Gasteiger partial charge in [-0.25, -0.2) is 0 Å². The van der Waals surface area contributed by atoms with E-state index in [4.69, 9.17) is 0 Å². The van der Waals surface area contributed by atoms with Gasteiger partial charge in [-0.3, -0.25) is 0 Å². The van der Waals surface area contributed by atoms with Crippen LogP contribution in [-0.2, 0) is 13.1 Å². The van der Waals surface area contributed by atoms with Crippen molar-refractivity contribution >= 4 is 43.6 Å². The van der Waals surface area contributed by atoms with Gasteiger partial charge in [0.2, 0.25) is 0 Å². The summed E-state index contributed by atoms with van der Waals surface area (Å²) in [6.07, 6.45) is 27.4. The number of aromatic nitrogens is 2. The standard InChI is InChI=1S/C50H68N2/c1-5-7-9-11-13-15-17-19-21-23-33-51-47-32-27-40(4)35-44(47)46-38-49-45(37-50(46)51)43-31-30-42(41-28-25-39(3)26-29-41)36-48(43)52(49)34-24-22-20-18-16-14-12-10-8-6-2/h25-32,35-38H,5-24,33-34H2,1-4H3. The SMILES string of the molecule is CCCCCCCCCCCCn1c2ccc(C)cc2c2cc3c(cc21)c1ccc(-c2ccc(C)cc2)cc1n3CCCCCCCCCCCC. The number of hydrogen-bond donors (Lipinski definition) is 0. The molecule has 0 saturated heterocycles. The molecule has 2 heterocycles. The molecule has 278 valence electrons. The van der Waals surface area contributed by atoms with E-state index in [1.165, 1.54) is 194 Å². The third kappa shape index (κ3) is 9.52. The minimum absolute atomic E-state index is 1.08. The topological polar surface area (TPSA) is 9.86 Å². The van der Waals surface area contributed by atoms with Crippen LogP contribution in [0.4, 0.5) is 0 Å². The van der Waals surface area contributed by atoms with Gasteiger partial charge in [-0.1, -0.05) is 183 Å². The van der Waals surface area contributed by atoms with Gasteiger partial charge in [0.1, 0.15) is 0 Å². The van der Waals surface area contributed by atoms with Crippen molar-refractivity contribution in [2.24, 2.45) is 0 Å². The van der Waals surface area contributed by atoms with Crippen molar-refractivity contribution in [2.75, 3.05) is 0 Å². The van der Waals surface area contributed by atoms with Gasteiger partial charge in [-0.15, -0.1) is 0 Å². The molecule has 0 N–H and O–H groups in total. The van der Waals surface area contributed by atoms with E-state index in [-0.39, 0.29) is 0 Å². The van der Waals surface area contributed by atoms with Crippen LogP contribution >= 0.6 is 0 Å². The van der Waals surface area contributed by atoms with Gasteiger partial charge in [-0.2, -0.15) is 0 Å². The molecule has 2 heteroatoms. The lowest BCUT2D eigenvalue weighted by atomic mass is 10.0. The molecule has 0 unspecified atom stereocenters. The number of nitrogens with zero attached hydrogens (tertiary/aromatic N) is 2. The fraction of sp³-hybridized carbons (Fsp3) is 0.520. The van der Waals surface area contributed by atoms with E-state index in [9.17, 15) is 0 Å². The van der Waals surface area contributed by atoms with Crippen molar-refractivity contribution in [3.63, 3.8) is 0 Å². The monoisotopic (exact) mass is 697 g/mol. The Labute approximate surface area is 316 Å². The second-order valence-electron chi connectivity index (χ2n) is 16.2. The Morgan fingerprint density at radius 3 is 1.27 bits per heavy atom. The van der Waals surface area contributed by atoms with Crippen molar-refractivity contribution in [2.45, 2.75) is 169 Å². The number of hydrogen-bond acceptors (Lipinski definition) is 0. The Hall–Kier alpha value is -3.52. The van der Waals surface area contributed by atoms with Gasteiger partial charge in [-0.05, 0) is 68.1 Å². The quantitative estimate of drug-likeness (QED) is 0.0590. The minimum atomic E-state index is 1.08. The lowest BCUT2D eigenvalue weighted by molar-refractivity contribution is 0.541. The predicted molar refractivity (Wildman–Crippen MR) is 231 cm³/mol. The van der Waals surface area contributed by atoms with Crippen molar-refractivity contribution in [3.8, 4) is 11.1 Å². The lowest BCUT2D eigenvalue weighted by Gasteiger charge is -2.10. The summed E-state index contributed by atoms with van der Waals surface area (Å²) in [6.45, 7) is 11.2. The van der Waals surface area contributed by atoms with Crippen LogP contribution in [0.25, 0.3) is 54.7 Å². The Balaban J connectivity index is 1.26. The fourth-order valence-corrected chi connectivity index (χ4v) is 8.72. The molecule has 6 rings (SSSR count). The van der Waals surface area contributed by atoms with E-state index in [0.717, 1.165) is 13.1 Å². The number of fused-ring (bicyclic) bond motifs is 6. The highest BCUT2D eigenvalue weighted by atomic mass is 15.0. The largest absolute Gasteiger partial charge is 0.340 e. The number of rotatable bonds is 23. The van der Waals surface area contributed by atoms with Gasteiger partial charge in [0, 0.05) is 56.7 Å². The summed E-state index contributed by atoms with van der Waals surface area (Å²) in [5.74, 6) is 0. The molecule has 0 fully saturated rings. The van der Waals surface area contributed by atoms with Crippen molar-refractivity contribution in [3.05, 3.63) is 83.9 Å². The maximum Gasteiger partial charge on any atom is 0.0499 e. The summed E-state index contributed by atoms with van der Waals surface area (Å²) in [4.78, 5) is 0. The first-order valence-electron chi connectivity index (χ1n) is 21.6. The molecule has 0 saturated carbocycles. The molecule has 0 aliphatic heterocycles. The Kier molecular flexibility index (Phi) is 14.3. The van der Waals surface area contributed by atoms with Crippen LogP contribution in [0.5, 0.6) is 0 Å². The second-order valence-corrected chi connectivity index (χ2v) is 16.2. The van der Waals surface area contributed by atoms with Gasteiger partial charge < -0.3 is 9.13 Å². The van der Waals surface area contributed by atoms with Crippen LogP contribution in [0.2, 0.25) is 0 Å². The molecule has 6 aromatic rings. The van der Waals surface area contributed by atoms with E-state index >= 15 is 0 Å². The maximum atomic E-state index is 2.67. The van der Waals surface area contributed by atoms with Gasteiger partial charge in [0.05, 0.1) is 0 Å². The molecular weight excluding hydrogens is 629 g/mol. The smallest absolute Gasteiger partial charge is 0.0499 e. The summed E-state index contributed by atoms with van der Waals surface area (Å²) >= 11 is 0. The summed E-state index contributed by atoms with van der Waals surface area (Å²) in [5, 5.41) is 5.64. The number of unbranched alkanes of at least 4 members (excludes halogenated alkanes) is 18. The lowest BCUT2D eigenvalue weighted by Crippen LogP contribution is -1.99. The van der Waals surface area contributed by atoms with Crippen molar-refractivity contribution in [1.29, 1.82) is 0 Å². The average Bonchev–Trinajstić information content (AvgIpc) is 3.62. The van der Waals surface area contributed by atoms with Crippen LogP contribution in [0.15, 0.2) is 72.8 Å². The van der Waals surface area contributed by atoms with Crippen molar-refractivity contribution in [1.82, 2.24) is 9.13 Å². The highest BCUT2D eigenvalue weighted by molar-refractivity contribution is 6.18. The molecule has 0 spiro atoms. The normalized spacial score (nSPS) is 12.0. The van der Waals surface area contributed by atoms with E-state index in [2.05, 4.69) is 110 Å². The maximum absolute atomic E-state index is 2.67. The third-order valence-corrected chi connectivity index (χ3v) is 11.9. The Morgan fingerprint density at radius 2 is 0.731 bits per heavy atom. The van der Waals surface area contributed by atoms with E-state index in [0.29, 0.717) is 0 Å². The summed E-state index contributed by atoms with van der Waals surface area (Å²) in [5.41, 5.74) is 10.9. The Bertz CT molecular complexity index is 1980. The molecular formula is C50H68N2. The van der Waals surface area contributed by atoms with Gasteiger partial charge >= 0.3 is 0 Å². The predicted octanol–water partition coefficient (Wildman–Crippen LogP) is 16.0. The van der Waals surface area contributed by atoms with Crippen LogP contribution in [0, 0.1) is 13.8 Å². The summed E-state index contributed by atoms with van der Waals surface area (Å²) < 4.78 is 5.33. The molecule has 0 atom stereocenters.